The number of methoxy groups -OCH3 is 1. The van der Waals surface area contributed by atoms with Gasteiger partial charge in [-0.05, 0) is 26.0 Å². The van der Waals surface area contributed by atoms with E-state index in [0.29, 0.717) is 6.61 Å². The molecule has 0 aliphatic heterocycles. The largest absolute Gasteiger partial charge is 0.378 e. The van der Waals surface area contributed by atoms with Crippen molar-refractivity contribution >= 4 is 17.2 Å². The number of thiophene rings is 1. The van der Waals surface area contributed by atoms with E-state index in [-0.39, 0.29) is 11.5 Å². The molecule has 0 saturated carbocycles. The fraction of sp³-hybridized carbons (Fsp3) is 0.529. The van der Waals surface area contributed by atoms with Crippen LogP contribution in [0.2, 0.25) is 0 Å². The molecule has 2 aromatic heterocycles. The SMILES string of the molecule is COCc1cc(NC(C)c2ccc(C)s2)nc(C(C)(C)C)n1. The minimum Gasteiger partial charge on any atom is -0.378 e. The van der Waals surface area contributed by atoms with E-state index in [0.717, 1.165) is 17.3 Å². The summed E-state index contributed by atoms with van der Waals surface area (Å²) in [4.78, 5) is 11.9. The van der Waals surface area contributed by atoms with E-state index in [1.54, 1.807) is 7.11 Å². The van der Waals surface area contributed by atoms with Gasteiger partial charge >= 0.3 is 0 Å². The van der Waals surface area contributed by atoms with Crippen molar-refractivity contribution in [3.8, 4) is 0 Å². The van der Waals surface area contributed by atoms with Crippen LogP contribution in [0.1, 0.15) is 55.0 Å². The second-order valence-corrected chi connectivity index (χ2v) is 7.89. The van der Waals surface area contributed by atoms with Gasteiger partial charge in [0.05, 0.1) is 18.3 Å². The van der Waals surface area contributed by atoms with Gasteiger partial charge in [-0.1, -0.05) is 20.8 Å². The molecule has 1 N–H and O–H groups in total. The summed E-state index contributed by atoms with van der Waals surface area (Å²) in [5, 5.41) is 3.49. The van der Waals surface area contributed by atoms with Crippen LogP contribution in [-0.4, -0.2) is 17.1 Å². The molecule has 0 aliphatic rings. The van der Waals surface area contributed by atoms with Gasteiger partial charge in [-0.15, -0.1) is 11.3 Å². The number of rotatable bonds is 5. The summed E-state index contributed by atoms with van der Waals surface area (Å²) in [5.74, 6) is 1.68. The number of nitrogens with one attached hydrogen (secondary N) is 1. The van der Waals surface area contributed by atoms with E-state index < -0.39 is 0 Å². The zero-order valence-corrected chi connectivity index (χ0v) is 15.0. The lowest BCUT2D eigenvalue weighted by Gasteiger charge is -2.20. The molecule has 1 atom stereocenters. The van der Waals surface area contributed by atoms with Gasteiger partial charge in [-0.2, -0.15) is 0 Å². The van der Waals surface area contributed by atoms with Gasteiger partial charge in [0, 0.05) is 28.3 Å². The predicted molar refractivity (Wildman–Crippen MR) is 92.5 cm³/mol. The third-order valence-corrected chi connectivity index (χ3v) is 4.48. The van der Waals surface area contributed by atoms with Crippen LogP contribution >= 0.6 is 11.3 Å². The van der Waals surface area contributed by atoms with Crippen molar-refractivity contribution < 1.29 is 4.74 Å². The summed E-state index contributed by atoms with van der Waals surface area (Å²) in [6.45, 7) is 11.1. The van der Waals surface area contributed by atoms with Crippen LogP contribution in [0, 0.1) is 6.92 Å². The van der Waals surface area contributed by atoms with Crippen LogP contribution in [-0.2, 0) is 16.8 Å². The summed E-state index contributed by atoms with van der Waals surface area (Å²) in [5.41, 5.74) is 0.808. The number of hydrogen-bond acceptors (Lipinski definition) is 5. The summed E-state index contributed by atoms with van der Waals surface area (Å²) in [6.07, 6.45) is 0. The number of nitrogens with zero attached hydrogens (tertiary/aromatic N) is 2. The molecular formula is C17H25N3OS. The number of anilines is 1. The Balaban J connectivity index is 2.27. The molecule has 4 nitrogen and oxygen atoms in total. The molecule has 0 radical (unpaired) electrons. The number of aryl methyl sites for hydroxylation is 1. The average molecular weight is 319 g/mol. The van der Waals surface area contributed by atoms with Crippen LogP contribution in [0.25, 0.3) is 0 Å². The van der Waals surface area contributed by atoms with Gasteiger partial charge in [0.2, 0.25) is 0 Å². The van der Waals surface area contributed by atoms with Gasteiger partial charge in [0.1, 0.15) is 11.6 Å². The zero-order valence-electron chi connectivity index (χ0n) is 14.2. The second-order valence-electron chi connectivity index (χ2n) is 6.57. The third-order valence-electron chi connectivity index (χ3n) is 3.29. The van der Waals surface area contributed by atoms with Crippen molar-refractivity contribution in [2.75, 3.05) is 12.4 Å². The van der Waals surface area contributed by atoms with Crippen molar-refractivity contribution in [2.24, 2.45) is 0 Å². The van der Waals surface area contributed by atoms with E-state index >= 15 is 0 Å². The van der Waals surface area contributed by atoms with Crippen molar-refractivity contribution in [1.29, 1.82) is 0 Å². The Bertz CT molecular complexity index is 631. The van der Waals surface area contributed by atoms with Gasteiger partial charge < -0.3 is 10.1 Å². The highest BCUT2D eigenvalue weighted by Crippen LogP contribution is 2.27. The maximum absolute atomic E-state index is 5.23. The fourth-order valence-electron chi connectivity index (χ4n) is 2.11. The van der Waals surface area contributed by atoms with E-state index in [1.165, 1.54) is 9.75 Å². The molecule has 5 heteroatoms. The van der Waals surface area contributed by atoms with E-state index in [1.807, 2.05) is 17.4 Å². The highest BCUT2D eigenvalue weighted by Gasteiger charge is 2.20. The first-order chi connectivity index (χ1) is 10.3. The summed E-state index contributed by atoms with van der Waals surface area (Å²) in [7, 11) is 1.68. The summed E-state index contributed by atoms with van der Waals surface area (Å²) in [6, 6.07) is 6.50. The van der Waals surface area contributed by atoms with Crippen LogP contribution in [0.15, 0.2) is 18.2 Å². The van der Waals surface area contributed by atoms with Gasteiger partial charge in [-0.3, -0.25) is 0 Å². The standard InChI is InChI=1S/C17H25N3OS/c1-11-7-8-14(22-11)12(2)18-15-9-13(10-21-6)19-16(20-15)17(3,4)5/h7-9,12H,10H2,1-6H3,(H,18,19,20). The van der Waals surface area contributed by atoms with E-state index in [2.05, 4.69) is 62.0 Å². The Morgan fingerprint density at radius 1 is 1.27 bits per heavy atom. The van der Waals surface area contributed by atoms with E-state index in [9.17, 15) is 0 Å². The molecule has 0 amide bonds. The van der Waals surface area contributed by atoms with Crippen molar-refractivity contribution in [2.45, 2.75) is 52.7 Å². The Kier molecular flexibility index (Phi) is 5.19. The Morgan fingerprint density at radius 3 is 2.55 bits per heavy atom. The molecule has 0 aromatic carbocycles. The highest BCUT2D eigenvalue weighted by atomic mass is 32.1. The molecule has 1 unspecified atom stereocenters. The first kappa shape index (κ1) is 16.9. The molecule has 0 spiro atoms. The highest BCUT2D eigenvalue weighted by molar-refractivity contribution is 7.12. The van der Waals surface area contributed by atoms with Gasteiger partial charge in [0.15, 0.2) is 0 Å². The fourth-order valence-corrected chi connectivity index (χ4v) is 2.99. The molecular weight excluding hydrogens is 294 g/mol. The minimum atomic E-state index is -0.0943. The normalized spacial score (nSPS) is 13.2. The molecule has 2 rings (SSSR count). The zero-order chi connectivity index (χ0) is 16.3. The smallest absolute Gasteiger partial charge is 0.136 e. The lowest BCUT2D eigenvalue weighted by atomic mass is 9.95. The Morgan fingerprint density at radius 2 is 2.00 bits per heavy atom. The van der Waals surface area contributed by atoms with Crippen LogP contribution in [0.3, 0.4) is 0 Å². The third kappa shape index (κ3) is 4.27. The average Bonchev–Trinajstić information content (AvgIpc) is 2.84. The number of ether oxygens (including phenoxy) is 1. The molecule has 0 aliphatic carbocycles. The van der Waals surface area contributed by atoms with E-state index in [4.69, 9.17) is 4.74 Å². The molecule has 2 aromatic rings. The molecule has 120 valence electrons. The topological polar surface area (TPSA) is 47.0 Å². The van der Waals surface area contributed by atoms with Crippen LogP contribution in [0.4, 0.5) is 5.82 Å². The number of aromatic nitrogens is 2. The summed E-state index contributed by atoms with van der Waals surface area (Å²) < 4.78 is 5.23. The lowest BCUT2D eigenvalue weighted by molar-refractivity contribution is 0.181. The molecule has 0 fully saturated rings. The van der Waals surface area contributed by atoms with Crippen LogP contribution < -0.4 is 5.32 Å². The maximum Gasteiger partial charge on any atom is 0.136 e. The first-order valence-corrected chi connectivity index (χ1v) is 8.31. The molecule has 0 bridgehead atoms. The predicted octanol–water partition coefficient (Wildman–Crippen LogP) is 4.46. The van der Waals surface area contributed by atoms with Crippen LogP contribution in [0.5, 0.6) is 0 Å². The Hall–Kier alpha value is -1.46. The number of hydrogen-bond donors (Lipinski definition) is 1. The molecule has 22 heavy (non-hydrogen) atoms. The summed E-state index contributed by atoms with van der Waals surface area (Å²) >= 11 is 1.81. The lowest BCUT2D eigenvalue weighted by Crippen LogP contribution is -2.19. The van der Waals surface area contributed by atoms with Crippen molar-refractivity contribution in [3.63, 3.8) is 0 Å². The van der Waals surface area contributed by atoms with Crippen molar-refractivity contribution in [3.05, 3.63) is 39.5 Å². The maximum atomic E-state index is 5.23. The van der Waals surface area contributed by atoms with Gasteiger partial charge in [-0.25, -0.2) is 9.97 Å². The quantitative estimate of drug-likeness (QED) is 0.883. The monoisotopic (exact) mass is 319 g/mol. The Labute approximate surface area is 137 Å². The van der Waals surface area contributed by atoms with Gasteiger partial charge in [0.25, 0.3) is 0 Å². The minimum absolute atomic E-state index is 0.0943. The molecule has 0 saturated heterocycles. The molecule has 2 heterocycles. The second kappa shape index (κ2) is 6.75. The first-order valence-electron chi connectivity index (χ1n) is 7.50. The van der Waals surface area contributed by atoms with Crippen molar-refractivity contribution in [1.82, 2.24) is 9.97 Å².